The van der Waals surface area contributed by atoms with Crippen LogP contribution in [0.5, 0.6) is 0 Å². The molecule has 0 saturated carbocycles. The molecule has 9 heteroatoms. The molecular weight excluding hydrogens is 414 g/mol. The lowest BCUT2D eigenvalue weighted by molar-refractivity contribution is -0.0560. The lowest BCUT2D eigenvalue weighted by atomic mass is 10.0. The van der Waals surface area contributed by atoms with Crippen LogP contribution >= 0.6 is 0 Å². The SMILES string of the molecule is Cc1ccc(-c2cc(C(=O)N[C@H](C)CN3CCC(F)(F)CC3)cc(-n3cnnn3)c2)cc1. The van der Waals surface area contributed by atoms with Gasteiger partial charge in [0.15, 0.2) is 0 Å². The van der Waals surface area contributed by atoms with Crippen LogP contribution in [0.25, 0.3) is 16.8 Å². The Hall–Kier alpha value is -3.20. The molecule has 7 nitrogen and oxygen atoms in total. The number of hydrogen-bond acceptors (Lipinski definition) is 5. The highest BCUT2D eigenvalue weighted by molar-refractivity contribution is 5.96. The number of amides is 1. The molecule has 1 fully saturated rings. The van der Waals surface area contributed by atoms with Crippen molar-refractivity contribution in [2.75, 3.05) is 19.6 Å². The van der Waals surface area contributed by atoms with Crippen LogP contribution in [0.15, 0.2) is 48.8 Å². The van der Waals surface area contributed by atoms with Gasteiger partial charge in [-0.1, -0.05) is 29.8 Å². The number of halogens is 2. The smallest absolute Gasteiger partial charge is 0.251 e. The third-order valence-electron chi connectivity index (χ3n) is 5.68. The van der Waals surface area contributed by atoms with E-state index in [-0.39, 0.29) is 24.8 Å². The molecule has 0 aliphatic carbocycles. The zero-order chi connectivity index (χ0) is 22.7. The summed E-state index contributed by atoms with van der Waals surface area (Å²) in [6.07, 6.45) is 1.20. The summed E-state index contributed by atoms with van der Waals surface area (Å²) in [5.41, 5.74) is 4.14. The second-order valence-electron chi connectivity index (χ2n) is 8.42. The molecule has 2 aromatic carbocycles. The number of carbonyl (C=O) groups is 1. The molecule has 168 valence electrons. The van der Waals surface area contributed by atoms with Crippen LogP contribution in [0.2, 0.25) is 0 Å². The largest absolute Gasteiger partial charge is 0.348 e. The van der Waals surface area contributed by atoms with E-state index < -0.39 is 5.92 Å². The van der Waals surface area contributed by atoms with Gasteiger partial charge in [0.2, 0.25) is 0 Å². The van der Waals surface area contributed by atoms with Gasteiger partial charge in [-0.2, -0.15) is 0 Å². The highest BCUT2D eigenvalue weighted by atomic mass is 19.3. The summed E-state index contributed by atoms with van der Waals surface area (Å²) >= 11 is 0. The Labute approximate surface area is 185 Å². The van der Waals surface area contributed by atoms with Crippen molar-refractivity contribution in [2.45, 2.75) is 38.7 Å². The summed E-state index contributed by atoms with van der Waals surface area (Å²) in [7, 11) is 0. The van der Waals surface area contributed by atoms with Crippen molar-refractivity contribution in [3.05, 3.63) is 59.9 Å². The first kappa shape index (κ1) is 22.0. The first-order valence-corrected chi connectivity index (χ1v) is 10.7. The van der Waals surface area contributed by atoms with Crippen LogP contribution in [-0.4, -0.2) is 62.6 Å². The molecule has 1 saturated heterocycles. The standard InChI is InChI=1S/C23H26F2N6O/c1-16-3-5-18(6-4-16)19-11-20(13-21(12-19)31-15-26-28-29-31)22(32)27-17(2)14-30-9-7-23(24,25)8-10-30/h3-6,11-13,15,17H,7-10,14H2,1-2H3,(H,27,32)/t17-/m1/s1. The molecule has 32 heavy (non-hydrogen) atoms. The van der Waals surface area contributed by atoms with Crippen LogP contribution in [0.4, 0.5) is 8.78 Å². The predicted octanol–water partition coefficient (Wildman–Crippen LogP) is 3.49. The van der Waals surface area contributed by atoms with Gasteiger partial charge in [0.25, 0.3) is 11.8 Å². The number of aromatic nitrogens is 4. The molecule has 3 aromatic rings. The van der Waals surface area contributed by atoms with Gasteiger partial charge < -0.3 is 10.2 Å². The number of rotatable bonds is 6. The molecule has 1 aliphatic rings. The van der Waals surface area contributed by atoms with Gasteiger partial charge in [0.05, 0.1) is 5.69 Å². The van der Waals surface area contributed by atoms with Crippen molar-refractivity contribution in [1.29, 1.82) is 0 Å². The van der Waals surface area contributed by atoms with E-state index in [9.17, 15) is 13.6 Å². The zero-order valence-electron chi connectivity index (χ0n) is 18.1. The Morgan fingerprint density at radius 1 is 1.12 bits per heavy atom. The fourth-order valence-corrected chi connectivity index (χ4v) is 3.87. The number of benzene rings is 2. The fraction of sp³-hybridized carbons (Fsp3) is 0.391. The molecule has 1 amide bonds. The number of aryl methyl sites for hydroxylation is 1. The van der Waals surface area contributed by atoms with Crippen LogP contribution in [0.3, 0.4) is 0 Å². The van der Waals surface area contributed by atoms with Gasteiger partial charge in [0.1, 0.15) is 6.33 Å². The number of likely N-dealkylation sites (tertiary alicyclic amines) is 1. The Kier molecular flexibility index (Phi) is 6.27. The van der Waals surface area contributed by atoms with Gasteiger partial charge in [-0.15, -0.1) is 5.10 Å². The second-order valence-corrected chi connectivity index (χ2v) is 8.42. The average molecular weight is 440 g/mol. The van der Waals surface area contributed by atoms with Gasteiger partial charge in [-0.05, 0) is 53.6 Å². The van der Waals surface area contributed by atoms with Crippen molar-refractivity contribution >= 4 is 5.91 Å². The summed E-state index contributed by atoms with van der Waals surface area (Å²) in [6.45, 7) is 5.10. The molecular formula is C23H26F2N6O. The van der Waals surface area contributed by atoms with Crippen LogP contribution in [0.1, 0.15) is 35.7 Å². The fourth-order valence-electron chi connectivity index (χ4n) is 3.87. The van der Waals surface area contributed by atoms with E-state index >= 15 is 0 Å². The summed E-state index contributed by atoms with van der Waals surface area (Å²) in [5, 5.41) is 14.3. The first-order valence-electron chi connectivity index (χ1n) is 10.7. The maximum Gasteiger partial charge on any atom is 0.251 e. The topological polar surface area (TPSA) is 75.9 Å². The number of alkyl halides is 2. The number of carbonyl (C=O) groups excluding carboxylic acids is 1. The maximum atomic E-state index is 13.4. The van der Waals surface area contributed by atoms with E-state index in [0.29, 0.717) is 30.9 Å². The zero-order valence-corrected chi connectivity index (χ0v) is 18.1. The molecule has 1 N–H and O–H groups in total. The Balaban J connectivity index is 1.52. The molecule has 0 radical (unpaired) electrons. The third kappa shape index (κ3) is 5.34. The Bertz CT molecular complexity index is 1060. The summed E-state index contributed by atoms with van der Waals surface area (Å²) in [4.78, 5) is 15.0. The molecule has 2 heterocycles. The highest BCUT2D eigenvalue weighted by Crippen LogP contribution is 2.28. The lowest BCUT2D eigenvalue weighted by Crippen LogP contribution is -2.46. The van der Waals surface area contributed by atoms with Crippen LogP contribution in [-0.2, 0) is 0 Å². The number of hydrogen-bond donors (Lipinski definition) is 1. The maximum absolute atomic E-state index is 13.4. The van der Waals surface area contributed by atoms with Crippen molar-refractivity contribution in [2.24, 2.45) is 0 Å². The number of piperidine rings is 1. The minimum atomic E-state index is -2.58. The van der Waals surface area contributed by atoms with Gasteiger partial charge in [-0.25, -0.2) is 13.5 Å². The van der Waals surface area contributed by atoms with Crippen molar-refractivity contribution in [3.8, 4) is 16.8 Å². The lowest BCUT2D eigenvalue weighted by Gasteiger charge is -2.33. The normalized spacial score (nSPS) is 17.1. The number of tetrazole rings is 1. The van der Waals surface area contributed by atoms with E-state index in [2.05, 4.69) is 20.8 Å². The Morgan fingerprint density at radius 3 is 2.50 bits per heavy atom. The number of nitrogens with one attached hydrogen (secondary N) is 1. The number of nitrogens with zero attached hydrogens (tertiary/aromatic N) is 5. The first-order chi connectivity index (χ1) is 15.3. The van der Waals surface area contributed by atoms with Crippen LogP contribution in [0, 0.1) is 6.92 Å². The van der Waals surface area contributed by atoms with E-state index in [1.54, 1.807) is 6.07 Å². The highest BCUT2D eigenvalue weighted by Gasteiger charge is 2.34. The molecule has 0 spiro atoms. The van der Waals surface area contributed by atoms with Crippen molar-refractivity contribution in [1.82, 2.24) is 30.4 Å². The second kappa shape index (κ2) is 9.12. The molecule has 1 aliphatic heterocycles. The minimum Gasteiger partial charge on any atom is -0.348 e. The third-order valence-corrected chi connectivity index (χ3v) is 5.68. The molecule has 4 rings (SSSR count). The summed E-state index contributed by atoms with van der Waals surface area (Å²) < 4.78 is 28.3. The monoisotopic (exact) mass is 440 g/mol. The minimum absolute atomic E-state index is 0.137. The van der Waals surface area contributed by atoms with Crippen molar-refractivity contribution < 1.29 is 13.6 Å². The quantitative estimate of drug-likeness (QED) is 0.635. The summed E-state index contributed by atoms with van der Waals surface area (Å²) in [6, 6.07) is 13.4. The molecule has 1 atom stereocenters. The molecule has 0 bridgehead atoms. The van der Waals surface area contributed by atoms with Crippen LogP contribution < -0.4 is 5.32 Å². The van der Waals surface area contributed by atoms with E-state index in [0.717, 1.165) is 16.7 Å². The van der Waals surface area contributed by atoms with Crippen molar-refractivity contribution in [3.63, 3.8) is 0 Å². The van der Waals surface area contributed by atoms with Gasteiger partial charge >= 0.3 is 0 Å². The van der Waals surface area contributed by atoms with Gasteiger partial charge in [0, 0.05) is 44.1 Å². The summed E-state index contributed by atoms with van der Waals surface area (Å²) in [5.74, 6) is -2.81. The van der Waals surface area contributed by atoms with E-state index in [4.69, 9.17) is 0 Å². The Morgan fingerprint density at radius 2 is 1.84 bits per heavy atom. The van der Waals surface area contributed by atoms with E-state index in [1.165, 1.54) is 11.0 Å². The predicted molar refractivity (Wildman–Crippen MR) is 117 cm³/mol. The average Bonchev–Trinajstić information content (AvgIpc) is 3.30. The molecule has 1 aromatic heterocycles. The van der Waals surface area contributed by atoms with E-state index in [1.807, 2.05) is 55.1 Å². The van der Waals surface area contributed by atoms with Gasteiger partial charge in [-0.3, -0.25) is 4.79 Å². The molecule has 0 unspecified atom stereocenters.